The third kappa shape index (κ3) is 1.38. The SMILES string of the molecule is Cc1cc2c(c3ccccc13)-c1ccccc1C21CCCC1. The van der Waals surface area contributed by atoms with Gasteiger partial charge < -0.3 is 0 Å². The van der Waals surface area contributed by atoms with E-state index >= 15 is 0 Å². The van der Waals surface area contributed by atoms with Gasteiger partial charge in [-0.15, -0.1) is 0 Å². The van der Waals surface area contributed by atoms with Crippen LogP contribution in [0, 0.1) is 6.92 Å². The second-order valence-corrected chi connectivity index (χ2v) is 7.00. The average molecular weight is 284 g/mol. The van der Waals surface area contributed by atoms with Gasteiger partial charge in [0.25, 0.3) is 0 Å². The largest absolute Gasteiger partial charge is 0.0619 e. The molecule has 1 fully saturated rings. The number of hydrogen-bond acceptors (Lipinski definition) is 0. The van der Waals surface area contributed by atoms with Gasteiger partial charge in [-0.25, -0.2) is 0 Å². The maximum Gasteiger partial charge on any atom is 0.0215 e. The summed E-state index contributed by atoms with van der Waals surface area (Å²) in [5, 5.41) is 2.85. The summed E-state index contributed by atoms with van der Waals surface area (Å²) in [6.07, 6.45) is 5.35. The third-order valence-electron chi connectivity index (χ3n) is 5.94. The van der Waals surface area contributed by atoms with Gasteiger partial charge >= 0.3 is 0 Å². The van der Waals surface area contributed by atoms with E-state index in [4.69, 9.17) is 0 Å². The topological polar surface area (TPSA) is 0 Å². The summed E-state index contributed by atoms with van der Waals surface area (Å²) in [6.45, 7) is 2.27. The number of fused-ring (bicyclic) bond motifs is 7. The fraction of sp³-hybridized carbons (Fsp3) is 0.273. The normalized spacial score (nSPS) is 17.9. The number of rotatable bonds is 0. The van der Waals surface area contributed by atoms with Gasteiger partial charge in [-0.3, -0.25) is 0 Å². The Morgan fingerprint density at radius 3 is 2.27 bits per heavy atom. The fourth-order valence-electron chi connectivity index (χ4n) is 5.00. The van der Waals surface area contributed by atoms with Crippen LogP contribution in [0.3, 0.4) is 0 Å². The summed E-state index contributed by atoms with van der Waals surface area (Å²) in [5.74, 6) is 0. The molecule has 0 heterocycles. The summed E-state index contributed by atoms with van der Waals surface area (Å²) in [7, 11) is 0. The number of hydrogen-bond donors (Lipinski definition) is 0. The minimum Gasteiger partial charge on any atom is -0.0619 e. The number of benzene rings is 3. The molecule has 3 aromatic rings. The molecule has 2 aliphatic rings. The van der Waals surface area contributed by atoms with Gasteiger partial charge in [-0.2, -0.15) is 0 Å². The maximum absolute atomic E-state index is 2.49. The van der Waals surface area contributed by atoms with Crippen LogP contribution in [0.2, 0.25) is 0 Å². The van der Waals surface area contributed by atoms with Crippen molar-refractivity contribution in [1.29, 1.82) is 0 Å². The molecule has 108 valence electrons. The zero-order valence-corrected chi connectivity index (χ0v) is 13.0. The van der Waals surface area contributed by atoms with Crippen LogP contribution < -0.4 is 0 Å². The monoisotopic (exact) mass is 284 g/mol. The summed E-state index contributed by atoms with van der Waals surface area (Å²) in [4.78, 5) is 0. The van der Waals surface area contributed by atoms with E-state index in [0.717, 1.165) is 0 Å². The predicted molar refractivity (Wildman–Crippen MR) is 93.4 cm³/mol. The Bertz CT molecular complexity index is 895. The first-order valence-corrected chi connectivity index (χ1v) is 8.44. The van der Waals surface area contributed by atoms with Gasteiger partial charge in [0.15, 0.2) is 0 Å². The van der Waals surface area contributed by atoms with Gasteiger partial charge in [0.1, 0.15) is 0 Å². The van der Waals surface area contributed by atoms with E-state index in [9.17, 15) is 0 Å². The molecule has 0 atom stereocenters. The lowest BCUT2D eigenvalue weighted by atomic mass is 9.76. The summed E-state index contributed by atoms with van der Waals surface area (Å²) >= 11 is 0. The molecule has 0 saturated heterocycles. The highest BCUT2D eigenvalue weighted by atomic mass is 14.5. The van der Waals surface area contributed by atoms with Crippen LogP contribution in [0.25, 0.3) is 21.9 Å². The quantitative estimate of drug-likeness (QED) is 0.475. The highest BCUT2D eigenvalue weighted by Crippen LogP contribution is 2.58. The van der Waals surface area contributed by atoms with Crippen molar-refractivity contribution in [3.63, 3.8) is 0 Å². The van der Waals surface area contributed by atoms with Crippen molar-refractivity contribution in [2.24, 2.45) is 0 Å². The highest BCUT2D eigenvalue weighted by molar-refractivity contribution is 6.03. The predicted octanol–water partition coefficient (Wildman–Crippen LogP) is 5.99. The van der Waals surface area contributed by atoms with Gasteiger partial charge in [0.05, 0.1) is 0 Å². The molecule has 2 aliphatic carbocycles. The molecular weight excluding hydrogens is 264 g/mol. The summed E-state index contributed by atoms with van der Waals surface area (Å²) < 4.78 is 0. The second kappa shape index (κ2) is 4.23. The minimum absolute atomic E-state index is 0.292. The van der Waals surface area contributed by atoms with Crippen molar-refractivity contribution in [3.05, 3.63) is 71.3 Å². The van der Waals surface area contributed by atoms with E-state index in [1.54, 1.807) is 11.1 Å². The van der Waals surface area contributed by atoms with E-state index < -0.39 is 0 Å². The van der Waals surface area contributed by atoms with E-state index in [2.05, 4.69) is 61.5 Å². The molecule has 0 radical (unpaired) electrons. The molecule has 5 rings (SSSR count). The Kier molecular flexibility index (Phi) is 2.39. The summed E-state index contributed by atoms with van der Waals surface area (Å²) in [5.41, 5.74) is 7.89. The van der Waals surface area contributed by atoms with Gasteiger partial charge in [-0.1, -0.05) is 67.4 Å². The average Bonchev–Trinajstić information content (AvgIpc) is 3.15. The van der Waals surface area contributed by atoms with Crippen molar-refractivity contribution in [3.8, 4) is 11.1 Å². The zero-order valence-electron chi connectivity index (χ0n) is 13.0. The highest BCUT2D eigenvalue weighted by Gasteiger charge is 2.45. The lowest BCUT2D eigenvalue weighted by Gasteiger charge is -2.27. The molecule has 1 spiro atoms. The van der Waals surface area contributed by atoms with Crippen LogP contribution in [0.4, 0.5) is 0 Å². The standard InChI is InChI=1S/C22H20/c1-15-14-20-21(17-9-3-2-8-16(15)17)18-10-4-5-11-19(18)22(20)12-6-7-13-22/h2-5,8-11,14H,6-7,12-13H2,1H3. The second-order valence-electron chi connectivity index (χ2n) is 7.00. The van der Waals surface area contributed by atoms with E-state index in [1.807, 2.05) is 0 Å². The van der Waals surface area contributed by atoms with Crippen molar-refractivity contribution in [1.82, 2.24) is 0 Å². The Morgan fingerprint density at radius 2 is 1.45 bits per heavy atom. The van der Waals surface area contributed by atoms with Crippen molar-refractivity contribution >= 4 is 10.8 Å². The lowest BCUT2D eigenvalue weighted by molar-refractivity contribution is 0.550. The lowest BCUT2D eigenvalue weighted by Crippen LogP contribution is -2.20. The molecule has 0 bridgehead atoms. The van der Waals surface area contributed by atoms with Crippen LogP contribution in [0.5, 0.6) is 0 Å². The molecule has 0 heteroatoms. The third-order valence-corrected chi connectivity index (χ3v) is 5.94. The van der Waals surface area contributed by atoms with Crippen molar-refractivity contribution < 1.29 is 0 Å². The first-order chi connectivity index (χ1) is 10.8. The van der Waals surface area contributed by atoms with Gasteiger partial charge in [0, 0.05) is 5.41 Å². The van der Waals surface area contributed by atoms with E-state index in [-0.39, 0.29) is 0 Å². The van der Waals surface area contributed by atoms with E-state index in [0.29, 0.717) is 5.41 Å². The number of aryl methyl sites for hydroxylation is 1. The molecule has 1 saturated carbocycles. The van der Waals surface area contributed by atoms with Crippen LogP contribution in [-0.4, -0.2) is 0 Å². The molecule has 0 aromatic heterocycles. The fourth-order valence-corrected chi connectivity index (χ4v) is 5.00. The van der Waals surface area contributed by atoms with Gasteiger partial charge in [0.2, 0.25) is 0 Å². The van der Waals surface area contributed by atoms with Gasteiger partial charge in [-0.05, 0) is 58.4 Å². The molecule has 0 aliphatic heterocycles. The van der Waals surface area contributed by atoms with Crippen LogP contribution in [0.15, 0.2) is 54.6 Å². The van der Waals surface area contributed by atoms with Crippen LogP contribution in [-0.2, 0) is 5.41 Å². The Balaban J connectivity index is 1.98. The first kappa shape index (κ1) is 12.5. The van der Waals surface area contributed by atoms with Crippen LogP contribution in [0.1, 0.15) is 42.4 Å². The van der Waals surface area contributed by atoms with Crippen molar-refractivity contribution in [2.45, 2.75) is 38.0 Å². The first-order valence-electron chi connectivity index (χ1n) is 8.44. The molecule has 0 amide bonds. The Labute approximate surface area is 131 Å². The maximum atomic E-state index is 2.49. The molecule has 3 aromatic carbocycles. The molecule has 0 unspecified atom stereocenters. The summed E-state index contributed by atoms with van der Waals surface area (Å²) in [6, 6.07) is 20.6. The molecule has 22 heavy (non-hydrogen) atoms. The smallest absolute Gasteiger partial charge is 0.0215 e. The van der Waals surface area contributed by atoms with Crippen molar-refractivity contribution in [2.75, 3.05) is 0 Å². The van der Waals surface area contributed by atoms with Crippen LogP contribution >= 0.6 is 0 Å². The molecule has 0 N–H and O–H groups in total. The molecule has 0 nitrogen and oxygen atoms in total. The minimum atomic E-state index is 0.292. The van der Waals surface area contributed by atoms with E-state index in [1.165, 1.54) is 53.1 Å². The zero-order chi connectivity index (χ0) is 14.7. The Hall–Kier alpha value is -2.08. The molecular formula is C22H20. The Morgan fingerprint density at radius 1 is 0.773 bits per heavy atom.